The van der Waals surface area contributed by atoms with Gasteiger partial charge in [0.25, 0.3) is 0 Å². The highest BCUT2D eigenvalue weighted by atomic mass is 19.4. The Morgan fingerprint density at radius 2 is 1.62 bits per heavy atom. The van der Waals surface area contributed by atoms with Crippen LogP contribution in [0, 0.1) is 0 Å². The molecule has 0 aliphatic heterocycles. The predicted octanol–water partition coefficient (Wildman–Crippen LogP) is 2.19. The van der Waals surface area contributed by atoms with E-state index < -0.39 is 41.1 Å². The molecule has 1 aromatic heterocycles. The SMILES string of the molecule is Cn1nc(C(F)(F)C(F)(F)F)c(C(F)(F)F)c1/C(N)=N/O. The summed E-state index contributed by atoms with van der Waals surface area (Å²) in [5, 5.41) is 13.0. The smallest absolute Gasteiger partial charge is 0.409 e. The number of alkyl halides is 8. The maximum atomic E-state index is 13.2. The van der Waals surface area contributed by atoms with Crippen molar-refractivity contribution in [3.63, 3.8) is 0 Å². The highest BCUT2D eigenvalue weighted by Crippen LogP contribution is 2.48. The number of aryl methyl sites for hydroxylation is 1. The molecular formula is C8H6F8N4O. The van der Waals surface area contributed by atoms with Gasteiger partial charge in [-0.3, -0.25) is 4.68 Å². The zero-order valence-corrected chi connectivity index (χ0v) is 9.89. The van der Waals surface area contributed by atoms with Gasteiger partial charge in [-0.1, -0.05) is 5.16 Å². The first kappa shape index (κ1) is 17.0. The summed E-state index contributed by atoms with van der Waals surface area (Å²) in [4.78, 5) is 0. The van der Waals surface area contributed by atoms with Gasteiger partial charge in [-0.05, 0) is 0 Å². The van der Waals surface area contributed by atoms with Gasteiger partial charge in [-0.25, -0.2) is 0 Å². The lowest BCUT2D eigenvalue weighted by molar-refractivity contribution is -0.292. The van der Waals surface area contributed by atoms with Gasteiger partial charge in [-0.15, -0.1) is 0 Å². The summed E-state index contributed by atoms with van der Waals surface area (Å²) in [6, 6.07) is 0. The number of halogens is 8. The molecule has 0 unspecified atom stereocenters. The van der Waals surface area contributed by atoms with Crippen LogP contribution in [0.1, 0.15) is 17.0 Å². The summed E-state index contributed by atoms with van der Waals surface area (Å²) in [6.45, 7) is 0. The number of aromatic nitrogens is 2. The van der Waals surface area contributed by atoms with Gasteiger partial charge in [0.2, 0.25) is 0 Å². The van der Waals surface area contributed by atoms with Crippen LogP contribution < -0.4 is 5.73 Å². The molecule has 0 spiro atoms. The molecule has 0 saturated heterocycles. The molecule has 0 radical (unpaired) electrons. The van der Waals surface area contributed by atoms with E-state index in [0.29, 0.717) is 7.05 Å². The van der Waals surface area contributed by atoms with E-state index in [1.807, 2.05) is 0 Å². The molecule has 0 aromatic carbocycles. The Hall–Kier alpha value is -2.08. The summed E-state index contributed by atoms with van der Waals surface area (Å²) in [5.41, 5.74) is -1.55. The second-order valence-electron chi connectivity index (χ2n) is 3.75. The molecule has 0 atom stereocenters. The van der Waals surface area contributed by atoms with Crippen LogP contribution in [0.3, 0.4) is 0 Å². The second-order valence-corrected chi connectivity index (χ2v) is 3.75. The number of oxime groups is 1. The number of hydrogen-bond acceptors (Lipinski definition) is 3. The van der Waals surface area contributed by atoms with Crippen LogP contribution in [0.2, 0.25) is 0 Å². The maximum Gasteiger partial charge on any atom is 0.459 e. The van der Waals surface area contributed by atoms with Gasteiger partial charge in [0.1, 0.15) is 11.3 Å². The monoisotopic (exact) mass is 326 g/mol. The molecule has 13 heteroatoms. The van der Waals surface area contributed by atoms with E-state index in [1.54, 1.807) is 0 Å². The van der Waals surface area contributed by atoms with Crippen LogP contribution >= 0.6 is 0 Å². The predicted molar refractivity (Wildman–Crippen MR) is 50.7 cm³/mol. The minimum atomic E-state index is -6.30. The lowest BCUT2D eigenvalue weighted by Crippen LogP contribution is -2.36. The summed E-state index contributed by atoms with van der Waals surface area (Å²) < 4.78 is 101. The van der Waals surface area contributed by atoms with Gasteiger partial charge in [0.15, 0.2) is 11.5 Å². The van der Waals surface area contributed by atoms with E-state index in [-0.39, 0.29) is 4.68 Å². The standard InChI is InChI=1S/C8H6F8N4O/c1-20-3(5(17)19-21)2(7(11,12)13)4(18-20)6(9,10)8(14,15)16/h21H,1H3,(H2,17,19). The summed E-state index contributed by atoms with van der Waals surface area (Å²) in [6.07, 6.45) is -11.9. The first-order chi connectivity index (χ1) is 9.25. The molecule has 1 aromatic rings. The molecule has 0 aliphatic rings. The molecule has 0 amide bonds. The fraction of sp³-hybridized carbons (Fsp3) is 0.500. The first-order valence-corrected chi connectivity index (χ1v) is 4.82. The van der Waals surface area contributed by atoms with Crippen LogP contribution in [-0.2, 0) is 19.1 Å². The quantitative estimate of drug-likeness (QED) is 0.288. The third kappa shape index (κ3) is 2.71. The molecule has 0 saturated carbocycles. The van der Waals surface area contributed by atoms with E-state index >= 15 is 0 Å². The molecule has 5 nitrogen and oxygen atoms in total. The molecule has 3 N–H and O–H groups in total. The highest BCUT2D eigenvalue weighted by molar-refractivity contribution is 5.97. The topological polar surface area (TPSA) is 76.4 Å². The van der Waals surface area contributed by atoms with Gasteiger partial charge < -0.3 is 10.9 Å². The Kier molecular flexibility index (Phi) is 3.83. The molecular weight excluding hydrogens is 320 g/mol. The Morgan fingerprint density at radius 1 is 1.14 bits per heavy atom. The van der Waals surface area contributed by atoms with E-state index in [2.05, 4.69) is 10.3 Å². The molecule has 0 bridgehead atoms. The average molecular weight is 326 g/mol. The van der Waals surface area contributed by atoms with Gasteiger partial charge >= 0.3 is 18.3 Å². The lowest BCUT2D eigenvalue weighted by Gasteiger charge is -2.19. The zero-order chi connectivity index (χ0) is 16.8. The lowest BCUT2D eigenvalue weighted by atomic mass is 10.1. The zero-order valence-electron chi connectivity index (χ0n) is 9.89. The Bertz CT molecular complexity index is 570. The Balaban J connectivity index is 3.79. The molecule has 21 heavy (non-hydrogen) atoms. The van der Waals surface area contributed by atoms with Gasteiger partial charge in [0, 0.05) is 7.05 Å². The minimum Gasteiger partial charge on any atom is -0.409 e. The van der Waals surface area contributed by atoms with Crippen molar-refractivity contribution >= 4 is 5.84 Å². The van der Waals surface area contributed by atoms with Crippen molar-refractivity contribution in [1.82, 2.24) is 9.78 Å². The van der Waals surface area contributed by atoms with Crippen LogP contribution in [0.15, 0.2) is 5.16 Å². The molecule has 0 fully saturated rings. The third-order valence-corrected chi connectivity index (χ3v) is 2.33. The highest BCUT2D eigenvalue weighted by Gasteiger charge is 2.64. The normalized spacial score (nSPS) is 14.6. The average Bonchev–Trinajstić information content (AvgIpc) is 2.64. The molecule has 1 heterocycles. The van der Waals surface area contributed by atoms with E-state index in [9.17, 15) is 35.1 Å². The Morgan fingerprint density at radius 3 is 1.95 bits per heavy atom. The van der Waals surface area contributed by atoms with E-state index in [4.69, 9.17) is 10.9 Å². The van der Waals surface area contributed by atoms with E-state index in [1.165, 1.54) is 0 Å². The van der Waals surface area contributed by atoms with Crippen LogP contribution in [-0.4, -0.2) is 27.0 Å². The number of amidine groups is 1. The number of hydrogen-bond donors (Lipinski definition) is 2. The van der Waals surface area contributed by atoms with Crippen molar-refractivity contribution in [2.75, 3.05) is 0 Å². The summed E-state index contributed by atoms with van der Waals surface area (Å²) in [7, 11) is 0.637. The second kappa shape index (κ2) is 4.73. The molecule has 0 aliphatic carbocycles. The fourth-order valence-electron chi connectivity index (χ4n) is 1.49. The van der Waals surface area contributed by atoms with Crippen molar-refractivity contribution in [2.45, 2.75) is 18.3 Å². The fourth-order valence-corrected chi connectivity index (χ4v) is 1.49. The number of nitrogens with two attached hydrogens (primary N) is 1. The largest absolute Gasteiger partial charge is 0.459 e. The molecule has 120 valence electrons. The summed E-state index contributed by atoms with van der Waals surface area (Å²) >= 11 is 0. The van der Waals surface area contributed by atoms with Crippen LogP contribution in [0.25, 0.3) is 0 Å². The van der Waals surface area contributed by atoms with E-state index in [0.717, 1.165) is 0 Å². The van der Waals surface area contributed by atoms with Crippen LogP contribution in [0.4, 0.5) is 35.1 Å². The molecule has 1 rings (SSSR count). The first-order valence-electron chi connectivity index (χ1n) is 4.82. The number of rotatable bonds is 2. The van der Waals surface area contributed by atoms with Crippen molar-refractivity contribution in [3.8, 4) is 0 Å². The Labute approximate surface area is 110 Å². The van der Waals surface area contributed by atoms with Crippen molar-refractivity contribution in [1.29, 1.82) is 0 Å². The maximum absolute atomic E-state index is 13.2. The van der Waals surface area contributed by atoms with Crippen molar-refractivity contribution < 1.29 is 40.3 Å². The number of nitrogens with zero attached hydrogens (tertiary/aromatic N) is 3. The summed E-state index contributed by atoms with van der Waals surface area (Å²) in [5.74, 6) is -7.19. The van der Waals surface area contributed by atoms with Crippen molar-refractivity contribution in [3.05, 3.63) is 17.0 Å². The van der Waals surface area contributed by atoms with Gasteiger partial charge in [0.05, 0.1) is 0 Å². The van der Waals surface area contributed by atoms with Crippen LogP contribution in [0.5, 0.6) is 0 Å². The third-order valence-electron chi connectivity index (χ3n) is 2.33. The van der Waals surface area contributed by atoms with Crippen molar-refractivity contribution in [2.24, 2.45) is 17.9 Å². The van der Waals surface area contributed by atoms with Gasteiger partial charge in [-0.2, -0.15) is 40.2 Å². The minimum absolute atomic E-state index is 0.0207.